The number of carbonyl (C=O) groups excluding carboxylic acids is 2. The van der Waals surface area contributed by atoms with Crippen molar-refractivity contribution in [2.75, 3.05) is 13.2 Å². The van der Waals surface area contributed by atoms with Crippen LogP contribution in [0.4, 0.5) is 0 Å². The van der Waals surface area contributed by atoms with Crippen LogP contribution in [-0.2, 0) is 30.7 Å². The molecule has 0 spiro atoms. The summed E-state index contributed by atoms with van der Waals surface area (Å²) in [7, 11) is 0. The molecule has 0 fully saturated rings. The topological polar surface area (TPSA) is 103 Å². The first-order chi connectivity index (χ1) is 14.6. The van der Waals surface area contributed by atoms with Gasteiger partial charge in [-0.05, 0) is 31.0 Å². The number of hydrogen-bond acceptors (Lipinski definition) is 7. The fourth-order valence-corrected chi connectivity index (χ4v) is 3.67. The summed E-state index contributed by atoms with van der Waals surface area (Å²) in [4.78, 5) is 27.0. The summed E-state index contributed by atoms with van der Waals surface area (Å²) in [5.74, 6) is -0.743. The van der Waals surface area contributed by atoms with Crippen LogP contribution in [0, 0.1) is 6.92 Å². The van der Waals surface area contributed by atoms with E-state index in [1.165, 1.54) is 5.56 Å². The predicted molar refractivity (Wildman–Crippen MR) is 106 cm³/mol. The first kappa shape index (κ1) is 19.8. The SMILES string of the molecule is CCOC(=O)c1nn(CCc2ccccc2)c2c1CN(C(=O)c1nonc1C)CC2. The highest BCUT2D eigenvalue weighted by Gasteiger charge is 2.32. The first-order valence-electron chi connectivity index (χ1n) is 9.96. The van der Waals surface area contributed by atoms with Crippen LogP contribution >= 0.6 is 0 Å². The van der Waals surface area contributed by atoms with Crippen molar-refractivity contribution < 1.29 is 19.0 Å². The Morgan fingerprint density at radius 2 is 1.97 bits per heavy atom. The Morgan fingerprint density at radius 1 is 1.17 bits per heavy atom. The Hall–Kier alpha value is -3.49. The summed E-state index contributed by atoms with van der Waals surface area (Å²) in [6.45, 7) is 5.10. The molecule has 0 unspecified atom stereocenters. The number of nitrogens with zero attached hydrogens (tertiary/aromatic N) is 5. The van der Waals surface area contributed by atoms with Crippen LogP contribution in [0.5, 0.6) is 0 Å². The maximum Gasteiger partial charge on any atom is 0.359 e. The van der Waals surface area contributed by atoms with E-state index in [-0.39, 0.29) is 30.4 Å². The lowest BCUT2D eigenvalue weighted by molar-refractivity contribution is 0.0512. The monoisotopic (exact) mass is 409 g/mol. The first-order valence-corrected chi connectivity index (χ1v) is 9.96. The molecule has 0 saturated heterocycles. The van der Waals surface area contributed by atoms with Gasteiger partial charge >= 0.3 is 5.97 Å². The van der Waals surface area contributed by atoms with E-state index in [4.69, 9.17) is 4.74 Å². The lowest BCUT2D eigenvalue weighted by atomic mass is 10.0. The fourth-order valence-electron chi connectivity index (χ4n) is 3.67. The zero-order valence-electron chi connectivity index (χ0n) is 17.0. The van der Waals surface area contributed by atoms with Crippen molar-refractivity contribution in [2.24, 2.45) is 0 Å². The standard InChI is InChI=1S/C21H23N5O4/c1-3-29-21(28)19-16-13-25(20(27)18-14(2)23-30-24-18)11-10-17(16)26(22-19)12-9-15-7-5-4-6-8-15/h4-8H,3,9-13H2,1-2H3. The van der Waals surface area contributed by atoms with Gasteiger partial charge in [-0.2, -0.15) is 5.10 Å². The number of carbonyl (C=O) groups is 2. The molecule has 0 N–H and O–H groups in total. The molecule has 1 aromatic carbocycles. The normalized spacial score (nSPS) is 13.2. The number of rotatable bonds is 6. The minimum atomic E-state index is -0.471. The van der Waals surface area contributed by atoms with E-state index in [0.29, 0.717) is 25.2 Å². The van der Waals surface area contributed by atoms with E-state index >= 15 is 0 Å². The highest BCUT2D eigenvalue weighted by atomic mass is 16.6. The molecular weight excluding hydrogens is 386 g/mol. The summed E-state index contributed by atoms with van der Waals surface area (Å²) < 4.78 is 11.7. The molecule has 9 nitrogen and oxygen atoms in total. The van der Waals surface area contributed by atoms with Gasteiger partial charge in [-0.1, -0.05) is 35.5 Å². The van der Waals surface area contributed by atoms with Gasteiger partial charge in [0.1, 0.15) is 5.69 Å². The van der Waals surface area contributed by atoms with Crippen LogP contribution in [0.1, 0.15) is 50.4 Å². The quantitative estimate of drug-likeness (QED) is 0.575. The summed E-state index contributed by atoms with van der Waals surface area (Å²) in [5, 5.41) is 11.9. The van der Waals surface area contributed by atoms with E-state index in [0.717, 1.165) is 17.7 Å². The van der Waals surface area contributed by atoms with Crippen molar-refractivity contribution in [3.8, 4) is 0 Å². The molecule has 30 heavy (non-hydrogen) atoms. The third-order valence-electron chi connectivity index (χ3n) is 5.20. The molecular formula is C21H23N5O4. The van der Waals surface area contributed by atoms with Gasteiger partial charge in [0.05, 0.1) is 13.2 Å². The molecule has 0 radical (unpaired) electrons. The van der Waals surface area contributed by atoms with E-state index in [1.54, 1.807) is 18.7 Å². The molecule has 2 aromatic heterocycles. The van der Waals surface area contributed by atoms with Crippen molar-refractivity contribution in [1.82, 2.24) is 25.0 Å². The van der Waals surface area contributed by atoms with Crippen LogP contribution in [0.15, 0.2) is 35.0 Å². The molecule has 3 heterocycles. The molecule has 1 aliphatic rings. The lowest BCUT2D eigenvalue weighted by Crippen LogP contribution is -2.37. The van der Waals surface area contributed by atoms with Crippen LogP contribution < -0.4 is 0 Å². The molecule has 0 bridgehead atoms. The van der Waals surface area contributed by atoms with Crippen molar-refractivity contribution in [2.45, 2.75) is 39.8 Å². The maximum atomic E-state index is 12.8. The van der Waals surface area contributed by atoms with Crippen LogP contribution in [0.25, 0.3) is 0 Å². The minimum absolute atomic E-state index is 0.188. The number of ether oxygens (including phenoxy) is 1. The minimum Gasteiger partial charge on any atom is -0.461 e. The van der Waals surface area contributed by atoms with E-state index in [1.807, 2.05) is 22.9 Å². The van der Waals surface area contributed by atoms with Crippen molar-refractivity contribution in [3.63, 3.8) is 0 Å². The molecule has 0 atom stereocenters. The van der Waals surface area contributed by atoms with Gasteiger partial charge in [0, 0.05) is 30.8 Å². The summed E-state index contributed by atoms with van der Waals surface area (Å²) in [6, 6.07) is 10.1. The third-order valence-corrected chi connectivity index (χ3v) is 5.20. The predicted octanol–water partition coefficient (Wildman–Crippen LogP) is 2.19. The molecule has 3 aromatic rings. The highest BCUT2D eigenvalue weighted by molar-refractivity contribution is 5.94. The zero-order valence-corrected chi connectivity index (χ0v) is 17.0. The second kappa shape index (κ2) is 8.48. The second-order valence-electron chi connectivity index (χ2n) is 7.13. The molecule has 1 amide bonds. The fraction of sp³-hybridized carbons (Fsp3) is 0.381. The average Bonchev–Trinajstić information content (AvgIpc) is 3.35. The third kappa shape index (κ3) is 3.83. The number of fused-ring (bicyclic) bond motifs is 1. The van der Waals surface area contributed by atoms with Gasteiger partial charge in [0.15, 0.2) is 11.4 Å². The molecule has 156 valence electrons. The van der Waals surface area contributed by atoms with E-state index < -0.39 is 5.97 Å². The molecule has 9 heteroatoms. The number of benzene rings is 1. The van der Waals surface area contributed by atoms with Crippen molar-refractivity contribution >= 4 is 11.9 Å². The average molecular weight is 409 g/mol. The van der Waals surface area contributed by atoms with Gasteiger partial charge in [0.25, 0.3) is 5.91 Å². The number of amides is 1. The van der Waals surface area contributed by atoms with Crippen LogP contribution in [0.2, 0.25) is 0 Å². The summed E-state index contributed by atoms with van der Waals surface area (Å²) in [5.41, 5.74) is 3.79. The Balaban J connectivity index is 1.60. The zero-order chi connectivity index (χ0) is 21.1. The van der Waals surface area contributed by atoms with Gasteiger partial charge < -0.3 is 9.64 Å². The van der Waals surface area contributed by atoms with Gasteiger partial charge in [-0.25, -0.2) is 9.42 Å². The molecule has 0 aliphatic carbocycles. The Kier molecular flexibility index (Phi) is 5.60. The highest BCUT2D eigenvalue weighted by Crippen LogP contribution is 2.25. The summed E-state index contributed by atoms with van der Waals surface area (Å²) >= 11 is 0. The maximum absolute atomic E-state index is 12.8. The number of hydrogen-bond donors (Lipinski definition) is 0. The molecule has 0 saturated carbocycles. The van der Waals surface area contributed by atoms with Gasteiger partial charge in [0.2, 0.25) is 0 Å². The summed E-state index contributed by atoms with van der Waals surface area (Å²) in [6.07, 6.45) is 1.39. The largest absolute Gasteiger partial charge is 0.461 e. The molecule has 1 aliphatic heterocycles. The van der Waals surface area contributed by atoms with Gasteiger partial charge in [-0.3, -0.25) is 9.48 Å². The number of aryl methyl sites for hydroxylation is 3. The Bertz CT molecular complexity index is 1060. The second-order valence-corrected chi connectivity index (χ2v) is 7.13. The van der Waals surface area contributed by atoms with Gasteiger partial charge in [-0.15, -0.1) is 0 Å². The smallest absolute Gasteiger partial charge is 0.359 e. The Labute approximate surface area is 173 Å². The van der Waals surface area contributed by atoms with E-state index in [9.17, 15) is 9.59 Å². The van der Waals surface area contributed by atoms with Crippen LogP contribution in [0.3, 0.4) is 0 Å². The lowest BCUT2D eigenvalue weighted by Gasteiger charge is -2.27. The Morgan fingerprint density at radius 3 is 2.67 bits per heavy atom. The molecule has 4 rings (SSSR count). The van der Waals surface area contributed by atoms with Crippen LogP contribution in [-0.4, -0.2) is 50.0 Å². The number of aromatic nitrogens is 4. The number of esters is 1. The van der Waals surface area contributed by atoms with E-state index in [2.05, 4.69) is 32.2 Å². The van der Waals surface area contributed by atoms with Crippen molar-refractivity contribution in [3.05, 3.63) is 64.2 Å². The van der Waals surface area contributed by atoms with Crippen molar-refractivity contribution in [1.29, 1.82) is 0 Å².